The molecule has 9 nitrogen and oxygen atoms in total. The van der Waals surface area contributed by atoms with Crippen molar-refractivity contribution >= 4 is 11.9 Å². The van der Waals surface area contributed by atoms with Gasteiger partial charge in [0.2, 0.25) is 0 Å². The minimum atomic E-state index is -1.68. The fourth-order valence-corrected chi connectivity index (χ4v) is 2.57. The van der Waals surface area contributed by atoms with E-state index >= 15 is 0 Å². The number of carbonyl (C=O) groups is 2. The van der Waals surface area contributed by atoms with Gasteiger partial charge in [0.25, 0.3) is 5.91 Å². The molecule has 114 valence electrons. The van der Waals surface area contributed by atoms with Gasteiger partial charge in [0.15, 0.2) is 6.23 Å². The van der Waals surface area contributed by atoms with Crippen LogP contribution in [0, 0.1) is 0 Å². The molecule has 21 heavy (non-hydrogen) atoms. The predicted octanol–water partition coefficient (Wildman–Crippen LogP) is -2.29. The maximum Gasteiger partial charge on any atom is 0.338 e. The average Bonchev–Trinajstić information content (AvgIpc) is 3.03. The van der Waals surface area contributed by atoms with E-state index < -0.39 is 49.2 Å². The summed E-state index contributed by atoms with van der Waals surface area (Å²) in [4.78, 5) is 25.0. The maximum atomic E-state index is 12.2. The molecular weight excluding hydrogens is 284 g/mol. The maximum absolute atomic E-state index is 12.2. The summed E-state index contributed by atoms with van der Waals surface area (Å²) < 4.78 is 6.30. The molecule has 0 aromatic carbocycles. The number of fused-ring (bicyclic) bond motifs is 1. The molecule has 5 atom stereocenters. The second kappa shape index (κ2) is 4.90. The molecule has 0 saturated carbocycles. The van der Waals surface area contributed by atoms with Crippen molar-refractivity contribution in [1.29, 1.82) is 0 Å². The lowest BCUT2D eigenvalue weighted by molar-refractivity contribution is -0.250. The molecule has 1 fully saturated rings. The van der Waals surface area contributed by atoms with E-state index in [1.807, 2.05) is 0 Å². The number of aromatic nitrogens is 1. The minimum absolute atomic E-state index is 0.108. The van der Waals surface area contributed by atoms with Crippen LogP contribution in [0.2, 0.25) is 0 Å². The van der Waals surface area contributed by atoms with Crippen LogP contribution in [0.25, 0.3) is 0 Å². The van der Waals surface area contributed by atoms with Gasteiger partial charge in [-0.3, -0.25) is 9.36 Å². The Morgan fingerprint density at radius 1 is 1.14 bits per heavy atom. The first-order valence-corrected chi connectivity index (χ1v) is 6.33. The summed E-state index contributed by atoms with van der Waals surface area (Å²) in [5, 5.41) is 38.5. The predicted molar refractivity (Wildman–Crippen MR) is 65.2 cm³/mol. The summed E-state index contributed by atoms with van der Waals surface area (Å²) in [5.41, 5.74) is 0.108. The largest absolute Gasteiger partial charge is 0.394 e. The summed E-state index contributed by atoms with van der Waals surface area (Å²) in [5.74, 6) is -0.686. The number of ether oxygens (including phenoxy) is 1. The Balaban J connectivity index is 1.92. The van der Waals surface area contributed by atoms with E-state index in [0.717, 1.165) is 4.57 Å². The fourth-order valence-electron chi connectivity index (χ4n) is 2.57. The van der Waals surface area contributed by atoms with Crippen LogP contribution in [-0.2, 0) is 4.74 Å². The number of carbonyl (C=O) groups excluding carboxylic acids is 2. The van der Waals surface area contributed by atoms with Gasteiger partial charge >= 0.3 is 6.03 Å². The van der Waals surface area contributed by atoms with Crippen molar-refractivity contribution in [2.75, 3.05) is 6.61 Å². The fraction of sp³-hybridized carbons (Fsp3) is 0.500. The third kappa shape index (κ3) is 1.90. The highest BCUT2D eigenvalue weighted by Gasteiger charge is 2.51. The van der Waals surface area contributed by atoms with Crippen LogP contribution in [0.4, 0.5) is 4.79 Å². The smallest absolute Gasteiger partial charge is 0.338 e. The van der Waals surface area contributed by atoms with Gasteiger partial charge in [0, 0.05) is 6.20 Å². The van der Waals surface area contributed by atoms with E-state index in [2.05, 4.69) is 0 Å². The average molecular weight is 298 g/mol. The first kappa shape index (κ1) is 14.2. The molecule has 9 heteroatoms. The number of hydrogen-bond donors (Lipinski definition) is 4. The highest BCUT2D eigenvalue weighted by Crippen LogP contribution is 2.28. The Kier molecular flexibility index (Phi) is 3.30. The molecule has 4 N–H and O–H groups in total. The molecule has 1 saturated heterocycles. The van der Waals surface area contributed by atoms with E-state index in [4.69, 9.17) is 9.84 Å². The molecule has 0 bridgehead atoms. The second-order valence-electron chi connectivity index (χ2n) is 4.94. The van der Waals surface area contributed by atoms with Gasteiger partial charge < -0.3 is 25.2 Å². The first-order chi connectivity index (χ1) is 9.97. The second-order valence-corrected chi connectivity index (χ2v) is 4.94. The number of amides is 2. The summed E-state index contributed by atoms with van der Waals surface area (Å²) in [6.45, 7) is -0.635. The molecular formula is C12H14N2O7. The van der Waals surface area contributed by atoms with Crippen LogP contribution in [0.5, 0.6) is 0 Å². The van der Waals surface area contributed by atoms with E-state index in [1.165, 1.54) is 18.3 Å². The third-order valence-electron chi connectivity index (χ3n) is 3.72. The molecule has 2 amide bonds. The normalized spacial score (nSPS) is 36.2. The summed E-state index contributed by atoms with van der Waals surface area (Å²) >= 11 is 0. The third-order valence-corrected chi connectivity index (χ3v) is 3.72. The molecule has 2 aliphatic rings. The molecule has 1 aromatic rings. The molecule has 0 radical (unpaired) electrons. The van der Waals surface area contributed by atoms with Gasteiger partial charge in [-0.15, -0.1) is 0 Å². The number of imide groups is 1. The van der Waals surface area contributed by atoms with Gasteiger partial charge in [0.05, 0.1) is 6.61 Å². The first-order valence-electron chi connectivity index (χ1n) is 6.33. The van der Waals surface area contributed by atoms with Crippen LogP contribution in [0.15, 0.2) is 18.3 Å². The molecule has 3 rings (SSSR count). The van der Waals surface area contributed by atoms with Crippen LogP contribution in [0.3, 0.4) is 0 Å². The summed E-state index contributed by atoms with van der Waals surface area (Å²) in [6.07, 6.45) is -6.16. The lowest BCUT2D eigenvalue weighted by Crippen LogP contribution is -2.64. The summed E-state index contributed by atoms with van der Waals surface area (Å²) in [6, 6.07) is 2.23. The minimum Gasteiger partial charge on any atom is -0.394 e. The van der Waals surface area contributed by atoms with Crippen molar-refractivity contribution in [2.24, 2.45) is 0 Å². The van der Waals surface area contributed by atoms with Crippen molar-refractivity contribution in [1.82, 2.24) is 9.47 Å². The van der Waals surface area contributed by atoms with Gasteiger partial charge in [-0.05, 0) is 12.1 Å². The Hall–Kier alpha value is -1.78. The van der Waals surface area contributed by atoms with Gasteiger partial charge in [-0.1, -0.05) is 0 Å². The van der Waals surface area contributed by atoms with Crippen LogP contribution >= 0.6 is 0 Å². The zero-order valence-corrected chi connectivity index (χ0v) is 10.7. The SMILES string of the molecule is O=C1c2cccn2C(=O)N1[C@@H]1O[C@H](CO)[C@@H](O)[C@H](O)[C@H]1O. The Morgan fingerprint density at radius 2 is 1.86 bits per heavy atom. The lowest BCUT2D eigenvalue weighted by atomic mass is 9.98. The molecule has 0 spiro atoms. The van der Waals surface area contributed by atoms with Crippen LogP contribution in [0.1, 0.15) is 10.5 Å². The topological polar surface area (TPSA) is 132 Å². The van der Waals surface area contributed by atoms with Crippen molar-refractivity contribution in [3.63, 3.8) is 0 Å². The Morgan fingerprint density at radius 3 is 2.48 bits per heavy atom. The van der Waals surface area contributed by atoms with Crippen LogP contribution in [-0.4, -0.2) is 79.1 Å². The van der Waals surface area contributed by atoms with Gasteiger partial charge in [0.1, 0.15) is 30.1 Å². The number of aliphatic hydroxyl groups excluding tert-OH is 4. The Labute approximate surface area is 118 Å². The van der Waals surface area contributed by atoms with Crippen molar-refractivity contribution < 1.29 is 34.8 Å². The molecule has 0 unspecified atom stereocenters. The van der Waals surface area contributed by atoms with E-state index in [0.29, 0.717) is 4.90 Å². The highest BCUT2D eigenvalue weighted by atomic mass is 16.6. The molecule has 0 aliphatic carbocycles. The number of rotatable bonds is 2. The zero-order chi connectivity index (χ0) is 15.3. The number of nitrogens with zero attached hydrogens (tertiary/aromatic N) is 2. The van der Waals surface area contributed by atoms with Gasteiger partial charge in [-0.2, -0.15) is 0 Å². The standard InChI is InChI=1S/C12H14N2O7/c15-4-6-7(16)8(17)9(18)11(21-6)14-10(19)5-2-1-3-13(5)12(14)20/h1-3,6-9,11,15-18H,4H2/t6-,7-,8+,9-,11-/m1/s1. The summed E-state index contributed by atoms with van der Waals surface area (Å²) in [7, 11) is 0. The van der Waals surface area contributed by atoms with E-state index in [9.17, 15) is 24.9 Å². The van der Waals surface area contributed by atoms with Gasteiger partial charge in [-0.25, -0.2) is 9.69 Å². The van der Waals surface area contributed by atoms with E-state index in [-0.39, 0.29) is 5.69 Å². The Bertz CT molecular complexity index is 553. The quantitative estimate of drug-likeness (QED) is 0.483. The highest BCUT2D eigenvalue weighted by molar-refractivity contribution is 6.11. The molecule has 1 aromatic heterocycles. The monoisotopic (exact) mass is 298 g/mol. The molecule has 3 heterocycles. The molecule has 2 aliphatic heterocycles. The van der Waals surface area contributed by atoms with Crippen LogP contribution < -0.4 is 0 Å². The zero-order valence-electron chi connectivity index (χ0n) is 10.7. The van der Waals surface area contributed by atoms with E-state index in [1.54, 1.807) is 0 Å². The lowest BCUT2D eigenvalue weighted by Gasteiger charge is -2.42. The number of aliphatic hydroxyl groups is 4. The van der Waals surface area contributed by atoms with Crippen molar-refractivity contribution in [3.05, 3.63) is 24.0 Å². The number of hydrogen-bond acceptors (Lipinski definition) is 7. The van der Waals surface area contributed by atoms with Crippen molar-refractivity contribution in [3.8, 4) is 0 Å². The van der Waals surface area contributed by atoms with Crippen molar-refractivity contribution in [2.45, 2.75) is 30.6 Å².